The molecule has 1 heterocycles. The van der Waals surface area contributed by atoms with Gasteiger partial charge in [-0.25, -0.2) is 0 Å². The molecule has 1 aliphatic rings. The summed E-state index contributed by atoms with van der Waals surface area (Å²) in [6, 6.07) is 5.91. The van der Waals surface area contributed by atoms with Gasteiger partial charge in [0, 0.05) is 13.1 Å². The smallest absolute Gasteiger partial charge is 0.260 e. The molecule has 1 N–H and O–H groups in total. The number of aliphatic hydroxyl groups is 1. The van der Waals surface area contributed by atoms with Gasteiger partial charge in [-0.2, -0.15) is 0 Å². The van der Waals surface area contributed by atoms with Gasteiger partial charge in [-0.1, -0.05) is 6.07 Å². The zero-order chi connectivity index (χ0) is 13.8. The standard InChI is InChI=1S/C15H21NO3/c1-11-6-12(2)8-14(7-11)19-10-15(18)16-5-3-4-13(17)9-16/h6-8,13,17H,3-5,9-10H2,1-2H3/t13-/m0/s1. The Morgan fingerprint density at radius 1 is 1.37 bits per heavy atom. The number of carbonyl (C=O) groups is 1. The highest BCUT2D eigenvalue weighted by Crippen LogP contribution is 2.16. The minimum Gasteiger partial charge on any atom is -0.484 e. The molecule has 19 heavy (non-hydrogen) atoms. The summed E-state index contributed by atoms with van der Waals surface area (Å²) in [5.74, 6) is 0.668. The lowest BCUT2D eigenvalue weighted by atomic mass is 10.1. The summed E-state index contributed by atoms with van der Waals surface area (Å²) in [4.78, 5) is 13.7. The van der Waals surface area contributed by atoms with Crippen LogP contribution in [0.4, 0.5) is 0 Å². The van der Waals surface area contributed by atoms with Crippen LogP contribution < -0.4 is 4.74 Å². The predicted octanol–water partition coefficient (Wildman–Crippen LogP) is 1.67. The lowest BCUT2D eigenvalue weighted by Gasteiger charge is -2.30. The molecule has 0 unspecified atom stereocenters. The van der Waals surface area contributed by atoms with Crippen LogP contribution in [-0.4, -0.2) is 41.7 Å². The molecule has 4 heteroatoms. The molecular weight excluding hydrogens is 242 g/mol. The maximum absolute atomic E-state index is 12.0. The van der Waals surface area contributed by atoms with Crippen LogP contribution in [0.3, 0.4) is 0 Å². The van der Waals surface area contributed by atoms with E-state index in [1.807, 2.05) is 26.0 Å². The van der Waals surface area contributed by atoms with Crippen LogP contribution in [0.15, 0.2) is 18.2 Å². The monoisotopic (exact) mass is 263 g/mol. The third kappa shape index (κ3) is 3.96. The third-order valence-corrected chi connectivity index (χ3v) is 3.31. The number of piperidine rings is 1. The summed E-state index contributed by atoms with van der Waals surface area (Å²) < 4.78 is 5.55. The van der Waals surface area contributed by atoms with Gasteiger partial charge in [-0.05, 0) is 49.9 Å². The van der Waals surface area contributed by atoms with Gasteiger partial charge in [0.25, 0.3) is 5.91 Å². The van der Waals surface area contributed by atoms with E-state index in [0.717, 1.165) is 29.7 Å². The molecule has 1 fully saturated rings. The Labute approximate surface area is 114 Å². The van der Waals surface area contributed by atoms with Crippen LogP contribution in [0.1, 0.15) is 24.0 Å². The average molecular weight is 263 g/mol. The Balaban J connectivity index is 1.89. The molecule has 0 aliphatic carbocycles. The molecule has 0 saturated carbocycles. The molecule has 104 valence electrons. The first kappa shape index (κ1) is 13.9. The molecule has 1 aliphatic heterocycles. The molecular formula is C15H21NO3. The number of nitrogens with zero attached hydrogens (tertiary/aromatic N) is 1. The Bertz CT molecular complexity index is 438. The van der Waals surface area contributed by atoms with E-state index in [1.165, 1.54) is 0 Å². The van der Waals surface area contributed by atoms with Gasteiger partial charge in [-0.3, -0.25) is 4.79 Å². The normalized spacial score (nSPS) is 19.3. The Morgan fingerprint density at radius 2 is 2.05 bits per heavy atom. The van der Waals surface area contributed by atoms with Crippen LogP contribution in [0.25, 0.3) is 0 Å². The van der Waals surface area contributed by atoms with Crippen molar-refractivity contribution in [2.45, 2.75) is 32.8 Å². The third-order valence-electron chi connectivity index (χ3n) is 3.31. The highest BCUT2D eigenvalue weighted by Gasteiger charge is 2.22. The second kappa shape index (κ2) is 6.06. The van der Waals surface area contributed by atoms with E-state index in [0.29, 0.717) is 13.1 Å². The summed E-state index contributed by atoms with van der Waals surface area (Å²) in [5, 5.41) is 9.55. The number of β-amino-alcohol motifs (C(OH)–C–C–N with tert-alkyl or cyclic N) is 1. The maximum Gasteiger partial charge on any atom is 0.260 e. The number of aryl methyl sites for hydroxylation is 2. The summed E-state index contributed by atoms with van der Waals surface area (Å²) in [5.41, 5.74) is 2.24. The SMILES string of the molecule is Cc1cc(C)cc(OCC(=O)N2CCC[C@H](O)C2)c1. The minimum atomic E-state index is -0.390. The number of hydrogen-bond acceptors (Lipinski definition) is 3. The zero-order valence-corrected chi connectivity index (χ0v) is 11.6. The van der Waals surface area contributed by atoms with E-state index < -0.39 is 0 Å². The number of hydrogen-bond donors (Lipinski definition) is 1. The van der Waals surface area contributed by atoms with E-state index in [4.69, 9.17) is 4.74 Å². The van der Waals surface area contributed by atoms with Gasteiger partial charge in [0.2, 0.25) is 0 Å². The number of carbonyl (C=O) groups excluding carboxylic acids is 1. The molecule has 0 radical (unpaired) electrons. The van der Waals surface area contributed by atoms with Crippen molar-refractivity contribution in [3.8, 4) is 5.75 Å². The lowest BCUT2D eigenvalue weighted by Crippen LogP contribution is -2.44. The quantitative estimate of drug-likeness (QED) is 0.902. The highest BCUT2D eigenvalue weighted by molar-refractivity contribution is 5.77. The molecule has 1 atom stereocenters. The largest absolute Gasteiger partial charge is 0.484 e. The zero-order valence-electron chi connectivity index (χ0n) is 11.6. The van der Waals surface area contributed by atoms with Crippen molar-refractivity contribution < 1.29 is 14.6 Å². The average Bonchev–Trinajstić information content (AvgIpc) is 2.35. The van der Waals surface area contributed by atoms with E-state index in [2.05, 4.69) is 6.07 Å². The van der Waals surface area contributed by atoms with Gasteiger partial charge in [0.1, 0.15) is 5.75 Å². The molecule has 1 saturated heterocycles. The van der Waals surface area contributed by atoms with Gasteiger partial charge >= 0.3 is 0 Å². The molecule has 2 rings (SSSR count). The van der Waals surface area contributed by atoms with E-state index >= 15 is 0 Å². The fourth-order valence-corrected chi connectivity index (χ4v) is 2.43. The lowest BCUT2D eigenvalue weighted by molar-refractivity contribution is -0.136. The highest BCUT2D eigenvalue weighted by atomic mass is 16.5. The first-order valence-corrected chi connectivity index (χ1v) is 6.71. The van der Waals surface area contributed by atoms with Crippen LogP contribution in [0.2, 0.25) is 0 Å². The fraction of sp³-hybridized carbons (Fsp3) is 0.533. The van der Waals surface area contributed by atoms with Gasteiger partial charge in [-0.15, -0.1) is 0 Å². The Morgan fingerprint density at radius 3 is 2.68 bits per heavy atom. The first-order chi connectivity index (χ1) is 9.04. The summed E-state index contributed by atoms with van der Waals surface area (Å²) in [6.45, 7) is 5.18. The van der Waals surface area contributed by atoms with Crippen molar-refractivity contribution in [2.24, 2.45) is 0 Å². The van der Waals surface area contributed by atoms with Crippen molar-refractivity contribution in [1.29, 1.82) is 0 Å². The Kier molecular flexibility index (Phi) is 4.43. The first-order valence-electron chi connectivity index (χ1n) is 6.71. The molecule has 1 aromatic carbocycles. The minimum absolute atomic E-state index is 0.0373. The number of amides is 1. The fourth-order valence-electron chi connectivity index (χ4n) is 2.43. The van der Waals surface area contributed by atoms with E-state index in [9.17, 15) is 9.90 Å². The van der Waals surface area contributed by atoms with Crippen LogP contribution in [0, 0.1) is 13.8 Å². The van der Waals surface area contributed by atoms with E-state index in [1.54, 1.807) is 4.90 Å². The van der Waals surface area contributed by atoms with Crippen molar-refractivity contribution >= 4 is 5.91 Å². The Hall–Kier alpha value is -1.55. The van der Waals surface area contributed by atoms with Crippen molar-refractivity contribution in [3.05, 3.63) is 29.3 Å². The molecule has 4 nitrogen and oxygen atoms in total. The number of likely N-dealkylation sites (tertiary alicyclic amines) is 1. The predicted molar refractivity (Wildman–Crippen MR) is 73.2 cm³/mol. The van der Waals surface area contributed by atoms with E-state index in [-0.39, 0.29) is 18.6 Å². The molecule has 0 aromatic heterocycles. The maximum atomic E-state index is 12.0. The number of aliphatic hydroxyl groups excluding tert-OH is 1. The number of rotatable bonds is 3. The number of benzene rings is 1. The second-order valence-corrected chi connectivity index (χ2v) is 5.25. The topological polar surface area (TPSA) is 49.8 Å². The molecule has 0 bridgehead atoms. The number of ether oxygens (including phenoxy) is 1. The van der Waals surface area contributed by atoms with Crippen LogP contribution in [-0.2, 0) is 4.79 Å². The van der Waals surface area contributed by atoms with Crippen LogP contribution in [0.5, 0.6) is 5.75 Å². The van der Waals surface area contributed by atoms with Gasteiger partial charge < -0.3 is 14.7 Å². The van der Waals surface area contributed by atoms with Crippen molar-refractivity contribution in [1.82, 2.24) is 4.90 Å². The van der Waals surface area contributed by atoms with Crippen molar-refractivity contribution in [2.75, 3.05) is 19.7 Å². The van der Waals surface area contributed by atoms with Crippen LogP contribution >= 0.6 is 0 Å². The molecule has 1 aromatic rings. The molecule has 0 spiro atoms. The summed E-state index contributed by atoms with van der Waals surface area (Å²) >= 11 is 0. The summed E-state index contributed by atoms with van der Waals surface area (Å²) in [7, 11) is 0. The van der Waals surface area contributed by atoms with Gasteiger partial charge in [0.05, 0.1) is 6.10 Å². The summed E-state index contributed by atoms with van der Waals surface area (Å²) in [6.07, 6.45) is 1.25. The van der Waals surface area contributed by atoms with Gasteiger partial charge in [0.15, 0.2) is 6.61 Å². The second-order valence-electron chi connectivity index (χ2n) is 5.25. The van der Waals surface area contributed by atoms with Crippen molar-refractivity contribution in [3.63, 3.8) is 0 Å². The molecule has 1 amide bonds.